The largest absolute Gasteiger partial charge is 0.346 e. The first-order chi connectivity index (χ1) is 8.93. The molecule has 2 nitrogen and oxygen atoms in total. The van der Waals surface area contributed by atoms with E-state index in [-0.39, 0.29) is 11.4 Å². The first kappa shape index (κ1) is 13.2. The van der Waals surface area contributed by atoms with E-state index in [2.05, 4.69) is 25.7 Å². The number of rotatable bonds is 3. The minimum atomic E-state index is 0.0451. The molecule has 0 unspecified atom stereocenters. The third-order valence-corrected chi connectivity index (χ3v) is 6.16. The molecule has 0 aromatic carbocycles. The van der Waals surface area contributed by atoms with Crippen LogP contribution in [0.2, 0.25) is 0 Å². The smallest absolute Gasteiger partial charge is 0.246 e. The van der Waals surface area contributed by atoms with Crippen LogP contribution in [0.15, 0.2) is 12.2 Å². The van der Waals surface area contributed by atoms with E-state index in [1.165, 1.54) is 32.1 Å². The zero-order valence-electron chi connectivity index (χ0n) is 12.5. The van der Waals surface area contributed by atoms with Gasteiger partial charge in [0, 0.05) is 11.1 Å². The molecule has 0 aliphatic heterocycles. The Hall–Kier alpha value is -0.790. The summed E-state index contributed by atoms with van der Waals surface area (Å²) in [6.07, 6.45) is 6.79. The molecule has 4 fully saturated rings. The van der Waals surface area contributed by atoms with E-state index >= 15 is 0 Å². The zero-order chi connectivity index (χ0) is 13.8. The SMILES string of the molecule is C=C(C)C(=O)NC1(C(C)C)C2CC3CC(C2)CC1C3. The molecule has 0 radical (unpaired) electrons. The van der Waals surface area contributed by atoms with Crippen molar-refractivity contribution in [1.29, 1.82) is 0 Å². The van der Waals surface area contributed by atoms with Crippen molar-refractivity contribution < 1.29 is 4.79 Å². The number of carbonyl (C=O) groups excluding carboxylic acids is 1. The van der Waals surface area contributed by atoms with Gasteiger partial charge >= 0.3 is 0 Å². The second kappa shape index (κ2) is 4.36. The quantitative estimate of drug-likeness (QED) is 0.774. The molecule has 1 amide bonds. The van der Waals surface area contributed by atoms with Crippen molar-refractivity contribution in [2.24, 2.45) is 29.6 Å². The van der Waals surface area contributed by atoms with Gasteiger partial charge in [0.1, 0.15) is 0 Å². The van der Waals surface area contributed by atoms with Crippen LogP contribution in [-0.2, 0) is 4.79 Å². The summed E-state index contributed by atoms with van der Waals surface area (Å²) < 4.78 is 0. The monoisotopic (exact) mass is 261 g/mol. The molecule has 0 saturated heterocycles. The van der Waals surface area contributed by atoms with E-state index in [0.29, 0.717) is 23.3 Å². The van der Waals surface area contributed by atoms with Gasteiger partial charge in [0.2, 0.25) is 5.91 Å². The summed E-state index contributed by atoms with van der Waals surface area (Å²) in [5, 5.41) is 3.44. The highest BCUT2D eigenvalue weighted by molar-refractivity contribution is 5.92. The summed E-state index contributed by atoms with van der Waals surface area (Å²) in [4.78, 5) is 12.2. The minimum Gasteiger partial charge on any atom is -0.346 e. The number of hydrogen-bond acceptors (Lipinski definition) is 1. The van der Waals surface area contributed by atoms with Crippen LogP contribution in [-0.4, -0.2) is 11.4 Å². The van der Waals surface area contributed by atoms with Crippen molar-refractivity contribution in [2.45, 2.75) is 58.4 Å². The second-order valence-corrected chi connectivity index (χ2v) is 7.63. The lowest BCUT2D eigenvalue weighted by atomic mass is 9.46. The van der Waals surface area contributed by atoms with Crippen molar-refractivity contribution in [2.75, 3.05) is 0 Å². The maximum atomic E-state index is 12.2. The number of nitrogens with one attached hydrogen (secondary N) is 1. The molecule has 0 heterocycles. The molecule has 106 valence electrons. The molecular weight excluding hydrogens is 234 g/mol. The van der Waals surface area contributed by atoms with Crippen LogP contribution >= 0.6 is 0 Å². The molecule has 4 bridgehead atoms. The molecular formula is C17H27NO. The van der Waals surface area contributed by atoms with Crippen LogP contribution in [0.25, 0.3) is 0 Å². The molecule has 4 saturated carbocycles. The van der Waals surface area contributed by atoms with E-state index in [0.717, 1.165) is 11.8 Å². The summed E-state index contributed by atoms with van der Waals surface area (Å²) in [6, 6.07) is 0. The van der Waals surface area contributed by atoms with Gasteiger partial charge in [-0.3, -0.25) is 4.79 Å². The number of carbonyl (C=O) groups is 1. The normalized spacial score (nSPS) is 43.6. The predicted octanol–water partition coefficient (Wildman–Crippen LogP) is 3.53. The molecule has 4 aliphatic rings. The molecule has 0 aromatic heterocycles. The maximum Gasteiger partial charge on any atom is 0.246 e. The topological polar surface area (TPSA) is 29.1 Å². The fourth-order valence-corrected chi connectivity index (χ4v) is 5.56. The van der Waals surface area contributed by atoms with Gasteiger partial charge < -0.3 is 5.32 Å². The average molecular weight is 261 g/mol. The first-order valence-corrected chi connectivity index (χ1v) is 7.91. The molecule has 2 heteroatoms. The van der Waals surface area contributed by atoms with Gasteiger partial charge in [0.15, 0.2) is 0 Å². The summed E-state index contributed by atoms with van der Waals surface area (Å²) in [6.45, 7) is 10.2. The minimum absolute atomic E-state index is 0.0451. The van der Waals surface area contributed by atoms with E-state index in [1.807, 2.05) is 6.92 Å². The molecule has 0 aromatic rings. The number of hydrogen-bond donors (Lipinski definition) is 1. The van der Waals surface area contributed by atoms with Gasteiger partial charge in [-0.2, -0.15) is 0 Å². The molecule has 4 aliphatic carbocycles. The Balaban J connectivity index is 1.92. The van der Waals surface area contributed by atoms with Crippen LogP contribution < -0.4 is 5.32 Å². The van der Waals surface area contributed by atoms with Crippen LogP contribution in [0.3, 0.4) is 0 Å². The standard InChI is InChI=1S/C17H27NO/c1-10(2)16(19)18-17(11(3)4)14-6-12-5-13(8-14)9-15(17)7-12/h11-15H,1,5-9H2,2-4H3,(H,18,19). The predicted molar refractivity (Wildman–Crippen MR) is 77.6 cm³/mol. The van der Waals surface area contributed by atoms with E-state index in [4.69, 9.17) is 0 Å². The van der Waals surface area contributed by atoms with Crippen molar-refractivity contribution in [3.8, 4) is 0 Å². The first-order valence-electron chi connectivity index (χ1n) is 7.91. The lowest BCUT2D eigenvalue weighted by molar-refractivity contribution is -0.133. The van der Waals surface area contributed by atoms with E-state index < -0.39 is 0 Å². The molecule has 0 atom stereocenters. The zero-order valence-corrected chi connectivity index (χ0v) is 12.5. The highest BCUT2D eigenvalue weighted by Crippen LogP contribution is 2.60. The maximum absolute atomic E-state index is 12.2. The van der Waals surface area contributed by atoms with E-state index in [9.17, 15) is 4.79 Å². The van der Waals surface area contributed by atoms with Gasteiger partial charge in [0.05, 0.1) is 0 Å². The van der Waals surface area contributed by atoms with Crippen LogP contribution in [0.1, 0.15) is 52.9 Å². The van der Waals surface area contributed by atoms with Crippen molar-refractivity contribution >= 4 is 5.91 Å². The second-order valence-electron chi connectivity index (χ2n) is 7.63. The Kier molecular flexibility index (Phi) is 3.03. The fourth-order valence-electron chi connectivity index (χ4n) is 5.56. The van der Waals surface area contributed by atoms with Crippen LogP contribution in [0, 0.1) is 29.6 Å². The van der Waals surface area contributed by atoms with Gasteiger partial charge in [-0.1, -0.05) is 20.4 Å². The summed E-state index contributed by atoms with van der Waals surface area (Å²) in [5.41, 5.74) is 0.692. The average Bonchev–Trinajstić information content (AvgIpc) is 2.32. The lowest BCUT2D eigenvalue weighted by Gasteiger charge is -2.63. The van der Waals surface area contributed by atoms with E-state index in [1.54, 1.807) is 0 Å². The third-order valence-electron chi connectivity index (χ3n) is 6.16. The Bertz CT molecular complexity index is 381. The van der Waals surface area contributed by atoms with Crippen molar-refractivity contribution in [3.63, 3.8) is 0 Å². The Morgan fingerprint density at radius 2 is 1.58 bits per heavy atom. The highest BCUT2D eigenvalue weighted by atomic mass is 16.1. The van der Waals surface area contributed by atoms with Gasteiger partial charge in [-0.05, 0) is 68.6 Å². The number of amides is 1. The Labute approximate surface area is 117 Å². The van der Waals surface area contributed by atoms with Gasteiger partial charge in [0.25, 0.3) is 0 Å². The molecule has 0 spiro atoms. The fraction of sp³-hybridized carbons (Fsp3) is 0.824. The molecule has 4 rings (SSSR count). The summed E-state index contributed by atoms with van der Waals surface area (Å²) in [5.74, 6) is 3.87. The summed E-state index contributed by atoms with van der Waals surface area (Å²) >= 11 is 0. The van der Waals surface area contributed by atoms with Crippen molar-refractivity contribution in [1.82, 2.24) is 5.32 Å². The van der Waals surface area contributed by atoms with Gasteiger partial charge in [-0.15, -0.1) is 0 Å². The Morgan fingerprint density at radius 1 is 1.11 bits per heavy atom. The lowest BCUT2D eigenvalue weighted by Crippen LogP contribution is -2.68. The summed E-state index contributed by atoms with van der Waals surface area (Å²) in [7, 11) is 0. The van der Waals surface area contributed by atoms with Crippen LogP contribution in [0.4, 0.5) is 0 Å². The molecule has 19 heavy (non-hydrogen) atoms. The van der Waals surface area contributed by atoms with Crippen molar-refractivity contribution in [3.05, 3.63) is 12.2 Å². The molecule has 1 N–H and O–H groups in total. The highest BCUT2D eigenvalue weighted by Gasteiger charge is 2.58. The Morgan fingerprint density at radius 3 is 1.95 bits per heavy atom. The van der Waals surface area contributed by atoms with Gasteiger partial charge in [-0.25, -0.2) is 0 Å². The third kappa shape index (κ3) is 1.86. The van der Waals surface area contributed by atoms with Crippen LogP contribution in [0.5, 0.6) is 0 Å².